The van der Waals surface area contributed by atoms with Gasteiger partial charge in [0, 0.05) is 23.2 Å². The molecule has 3 saturated carbocycles. The lowest BCUT2D eigenvalue weighted by molar-refractivity contribution is -0.194. The molecule has 6 rings (SSSR count). The zero-order valence-corrected chi connectivity index (χ0v) is 22.1. The molecule has 0 spiro atoms. The Bertz CT molecular complexity index is 1050. The predicted molar refractivity (Wildman–Crippen MR) is 133 cm³/mol. The van der Waals surface area contributed by atoms with Crippen molar-refractivity contribution < 1.29 is 33.7 Å². The van der Waals surface area contributed by atoms with Gasteiger partial charge in [0.05, 0.1) is 18.8 Å². The highest BCUT2D eigenvalue weighted by Crippen LogP contribution is 2.70. The largest absolute Gasteiger partial charge is 0.465 e. The molecule has 6 aliphatic rings. The molecule has 2 heterocycles. The molecule has 5 fully saturated rings. The van der Waals surface area contributed by atoms with Gasteiger partial charge in [-0.1, -0.05) is 50.6 Å². The molecule has 2 aliphatic heterocycles. The SMILES string of the molecule is CCCC1O[C@@H]2C[C@H]3[C@@H]4CCC5=CC(=O)C=C[C@]5(C)[C@H]4[C@@H](O)C[C@]3(C)[C@]2(C(=O)SC2CCOC2=O)O1. The molecule has 0 aromatic carbocycles. The fourth-order valence-corrected chi connectivity index (χ4v) is 9.88. The van der Waals surface area contributed by atoms with Crippen molar-refractivity contribution in [2.75, 3.05) is 6.61 Å². The topological polar surface area (TPSA) is 99.1 Å². The molecule has 0 amide bonds. The lowest BCUT2D eigenvalue weighted by Gasteiger charge is -2.59. The number of cyclic esters (lactones) is 1. The number of hydrogen-bond donors (Lipinski definition) is 1. The van der Waals surface area contributed by atoms with Crippen molar-refractivity contribution in [1.82, 2.24) is 0 Å². The summed E-state index contributed by atoms with van der Waals surface area (Å²) in [4.78, 5) is 38.5. The highest BCUT2D eigenvalue weighted by molar-refractivity contribution is 8.14. The first-order chi connectivity index (χ1) is 17.1. The van der Waals surface area contributed by atoms with Gasteiger partial charge < -0.3 is 19.3 Å². The minimum atomic E-state index is -1.20. The Labute approximate surface area is 216 Å². The van der Waals surface area contributed by atoms with E-state index < -0.39 is 34.8 Å². The maximum Gasteiger partial charge on any atom is 0.319 e. The summed E-state index contributed by atoms with van der Waals surface area (Å²) in [5.74, 6) is -0.0563. The summed E-state index contributed by atoms with van der Waals surface area (Å²) in [5.41, 5.74) is -1.10. The molecule has 2 saturated heterocycles. The Balaban J connectivity index is 1.38. The summed E-state index contributed by atoms with van der Waals surface area (Å²) in [5, 5.41) is 11.1. The van der Waals surface area contributed by atoms with Crippen molar-refractivity contribution >= 4 is 28.6 Å². The van der Waals surface area contributed by atoms with E-state index in [2.05, 4.69) is 20.8 Å². The fraction of sp³-hybridized carbons (Fsp3) is 0.750. The van der Waals surface area contributed by atoms with Crippen LogP contribution in [0, 0.1) is 28.6 Å². The number of aliphatic hydroxyl groups is 1. The predicted octanol–water partition coefficient (Wildman–Crippen LogP) is 3.73. The molecule has 4 aliphatic carbocycles. The molecule has 8 heteroatoms. The average molecular weight is 517 g/mol. The third-order valence-corrected chi connectivity index (χ3v) is 11.5. The van der Waals surface area contributed by atoms with Crippen LogP contribution in [0.5, 0.6) is 0 Å². The van der Waals surface area contributed by atoms with E-state index in [-0.39, 0.29) is 40.0 Å². The van der Waals surface area contributed by atoms with Gasteiger partial charge in [0.15, 0.2) is 17.7 Å². The lowest BCUT2D eigenvalue weighted by atomic mass is 9.46. The molecule has 10 atom stereocenters. The molecule has 0 aromatic rings. The van der Waals surface area contributed by atoms with E-state index in [0.29, 0.717) is 32.3 Å². The van der Waals surface area contributed by atoms with Gasteiger partial charge in [-0.3, -0.25) is 14.4 Å². The van der Waals surface area contributed by atoms with Crippen molar-refractivity contribution in [3.8, 4) is 0 Å². The van der Waals surface area contributed by atoms with Crippen LogP contribution in [-0.2, 0) is 28.6 Å². The summed E-state index contributed by atoms with van der Waals surface area (Å²) >= 11 is 1.04. The van der Waals surface area contributed by atoms with Crippen LogP contribution in [-0.4, -0.2) is 57.9 Å². The van der Waals surface area contributed by atoms with Gasteiger partial charge in [0.1, 0.15) is 5.25 Å². The fourth-order valence-electron chi connectivity index (χ4n) is 8.66. The molecule has 0 bridgehead atoms. The Morgan fingerprint density at radius 3 is 2.78 bits per heavy atom. The summed E-state index contributed by atoms with van der Waals surface area (Å²) in [6.45, 7) is 6.65. The van der Waals surface area contributed by atoms with Crippen LogP contribution in [0.15, 0.2) is 23.8 Å². The van der Waals surface area contributed by atoms with Gasteiger partial charge in [0.2, 0.25) is 5.12 Å². The molecule has 196 valence electrons. The van der Waals surface area contributed by atoms with Gasteiger partial charge in [0.25, 0.3) is 0 Å². The number of allylic oxidation sites excluding steroid dienone is 4. The third kappa shape index (κ3) is 3.26. The lowest BCUT2D eigenvalue weighted by Crippen LogP contribution is -2.62. The van der Waals surface area contributed by atoms with E-state index >= 15 is 0 Å². The quantitative estimate of drug-likeness (QED) is 0.565. The summed E-state index contributed by atoms with van der Waals surface area (Å²) in [6.07, 6.45) is 8.75. The second-order valence-electron chi connectivity index (χ2n) is 12.0. The van der Waals surface area contributed by atoms with Crippen LogP contribution < -0.4 is 0 Å². The standard InChI is InChI=1S/C28H36O7S/c1-4-5-22-34-21-13-18-17-7-6-15-12-16(29)8-10-26(15,2)23(17)19(30)14-27(18,3)28(21,35-22)25(32)36-20-9-11-33-24(20)31/h8,10,12,17-23,30H,4-7,9,11,13-14H2,1-3H3/t17-,18-,19-,20?,21+,22?,23+,26-,27-,28-/m0/s1. The van der Waals surface area contributed by atoms with Crippen molar-refractivity contribution in [3.63, 3.8) is 0 Å². The number of ketones is 1. The number of carbonyl (C=O) groups is 3. The molecule has 0 aromatic heterocycles. The smallest absolute Gasteiger partial charge is 0.319 e. The molecule has 1 N–H and O–H groups in total. The zero-order valence-electron chi connectivity index (χ0n) is 21.2. The van der Waals surface area contributed by atoms with Crippen molar-refractivity contribution in [1.29, 1.82) is 0 Å². The van der Waals surface area contributed by atoms with Crippen LogP contribution in [0.4, 0.5) is 0 Å². The maximum absolute atomic E-state index is 14.2. The zero-order chi connectivity index (χ0) is 25.5. The van der Waals surface area contributed by atoms with Gasteiger partial charge in [-0.2, -0.15) is 0 Å². The number of hydrogen-bond acceptors (Lipinski definition) is 8. The monoisotopic (exact) mass is 516 g/mol. The number of rotatable bonds is 4. The van der Waals surface area contributed by atoms with E-state index in [1.54, 1.807) is 12.2 Å². The summed E-state index contributed by atoms with van der Waals surface area (Å²) < 4.78 is 18.2. The van der Waals surface area contributed by atoms with Gasteiger partial charge in [-0.15, -0.1) is 0 Å². The number of esters is 1. The van der Waals surface area contributed by atoms with Crippen molar-refractivity contribution in [2.24, 2.45) is 28.6 Å². The minimum absolute atomic E-state index is 0.0160. The molecular formula is C28H36O7S. The van der Waals surface area contributed by atoms with E-state index in [1.165, 1.54) is 0 Å². The highest BCUT2D eigenvalue weighted by atomic mass is 32.2. The van der Waals surface area contributed by atoms with Gasteiger partial charge >= 0.3 is 5.97 Å². The van der Waals surface area contributed by atoms with E-state index in [1.807, 2.05) is 6.08 Å². The maximum atomic E-state index is 14.2. The molecule has 7 nitrogen and oxygen atoms in total. The van der Waals surface area contributed by atoms with Gasteiger partial charge in [-0.05, 0) is 56.1 Å². The van der Waals surface area contributed by atoms with E-state index in [9.17, 15) is 19.5 Å². The van der Waals surface area contributed by atoms with Crippen LogP contribution in [0.2, 0.25) is 0 Å². The molecule has 0 radical (unpaired) electrons. The summed E-state index contributed by atoms with van der Waals surface area (Å²) in [7, 11) is 0. The minimum Gasteiger partial charge on any atom is -0.465 e. The average Bonchev–Trinajstić information content (AvgIpc) is 3.46. The summed E-state index contributed by atoms with van der Waals surface area (Å²) in [6, 6.07) is 0. The Kier molecular flexibility index (Phi) is 5.87. The van der Waals surface area contributed by atoms with E-state index in [4.69, 9.17) is 14.2 Å². The number of carbonyl (C=O) groups excluding carboxylic acids is 3. The first-order valence-corrected chi connectivity index (χ1v) is 14.4. The van der Waals surface area contributed by atoms with E-state index in [0.717, 1.165) is 36.6 Å². The molecular weight excluding hydrogens is 480 g/mol. The number of ether oxygens (including phenoxy) is 3. The molecule has 36 heavy (non-hydrogen) atoms. The van der Waals surface area contributed by atoms with Crippen LogP contribution >= 0.6 is 11.8 Å². The Morgan fingerprint density at radius 2 is 2.06 bits per heavy atom. The first kappa shape index (κ1) is 24.8. The number of thioether (sulfide) groups is 1. The van der Waals surface area contributed by atoms with Gasteiger partial charge in [-0.25, -0.2) is 0 Å². The third-order valence-electron chi connectivity index (χ3n) is 10.3. The second-order valence-corrected chi connectivity index (χ2v) is 13.2. The van der Waals surface area contributed by atoms with Crippen LogP contribution in [0.3, 0.4) is 0 Å². The normalized spacial score (nSPS) is 49.1. The number of fused-ring (bicyclic) bond motifs is 7. The van der Waals surface area contributed by atoms with Crippen molar-refractivity contribution in [2.45, 2.75) is 95.1 Å². The Hall–Kier alpha value is -1.48. The van der Waals surface area contributed by atoms with Crippen LogP contribution in [0.25, 0.3) is 0 Å². The Morgan fingerprint density at radius 1 is 1.25 bits per heavy atom. The second kappa shape index (κ2) is 8.52. The first-order valence-electron chi connectivity index (χ1n) is 13.5. The molecule has 2 unspecified atom stereocenters. The highest BCUT2D eigenvalue weighted by Gasteiger charge is 2.76. The van der Waals surface area contributed by atoms with Crippen molar-refractivity contribution in [3.05, 3.63) is 23.8 Å². The van der Waals surface area contributed by atoms with Crippen LogP contribution in [0.1, 0.15) is 65.7 Å². The number of aliphatic hydroxyl groups excluding tert-OH is 1.